The van der Waals surface area contributed by atoms with Gasteiger partial charge in [-0.05, 0) is 42.9 Å². The Kier molecular flexibility index (Phi) is 8.49. The number of nitrogens with one attached hydrogen (secondary N) is 3. The first-order chi connectivity index (χ1) is 13.0. The number of alkyl halides is 3. The van der Waals surface area contributed by atoms with Gasteiger partial charge in [-0.2, -0.15) is 0 Å². The molecule has 3 N–H and O–H groups in total. The van der Waals surface area contributed by atoms with Gasteiger partial charge in [-0.15, -0.1) is 0 Å². The summed E-state index contributed by atoms with van der Waals surface area (Å²) in [6.07, 6.45) is -0.951. The summed E-state index contributed by atoms with van der Waals surface area (Å²) in [5.41, 5.74) is 2.40. The zero-order chi connectivity index (χ0) is 20.9. The van der Waals surface area contributed by atoms with Crippen LogP contribution in [0.4, 0.5) is 5.69 Å². The lowest BCUT2D eigenvalue weighted by molar-refractivity contribution is -0.121. The molecule has 0 aliphatic heterocycles. The van der Waals surface area contributed by atoms with Crippen molar-refractivity contribution in [2.75, 3.05) is 5.32 Å². The van der Waals surface area contributed by atoms with E-state index in [1.54, 1.807) is 18.2 Å². The molecule has 1 amide bonds. The minimum Gasteiger partial charge on any atom is -0.339 e. The lowest BCUT2D eigenvalue weighted by Crippen LogP contribution is -2.56. The van der Waals surface area contributed by atoms with E-state index in [-0.39, 0.29) is 17.4 Å². The largest absolute Gasteiger partial charge is 0.339 e. The molecular formula is C18H16Cl5N3OS. The monoisotopic (exact) mass is 497 g/mol. The first-order valence-electron chi connectivity index (χ1n) is 7.99. The Morgan fingerprint density at radius 1 is 1.07 bits per heavy atom. The summed E-state index contributed by atoms with van der Waals surface area (Å²) in [7, 11) is 0. The van der Waals surface area contributed by atoms with E-state index in [1.807, 2.05) is 31.2 Å². The maximum absolute atomic E-state index is 12.4. The maximum Gasteiger partial charge on any atom is 0.228 e. The molecule has 10 heteroatoms. The smallest absolute Gasteiger partial charge is 0.228 e. The summed E-state index contributed by atoms with van der Waals surface area (Å²) < 4.78 is -1.85. The zero-order valence-electron chi connectivity index (χ0n) is 14.5. The SMILES string of the molecule is Cc1ccc(CC(=O)NC(NC(=S)Nc2cc(Cl)ccc2Cl)C(Cl)(Cl)Cl)cc1. The summed E-state index contributed by atoms with van der Waals surface area (Å²) in [5, 5.41) is 9.23. The Morgan fingerprint density at radius 3 is 2.32 bits per heavy atom. The van der Waals surface area contributed by atoms with Crippen molar-refractivity contribution in [1.29, 1.82) is 0 Å². The first kappa shape index (κ1) is 23.3. The van der Waals surface area contributed by atoms with Crippen molar-refractivity contribution in [2.45, 2.75) is 23.3 Å². The molecule has 0 spiro atoms. The Balaban J connectivity index is 2.02. The molecule has 0 aromatic heterocycles. The number of amides is 1. The highest BCUT2D eigenvalue weighted by Gasteiger charge is 2.34. The van der Waals surface area contributed by atoms with Crippen LogP contribution in [0, 0.1) is 6.92 Å². The van der Waals surface area contributed by atoms with Gasteiger partial charge in [-0.25, -0.2) is 0 Å². The number of aryl methyl sites for hydroxylation is 1. The van der Waals surface area contributed by atoms with Gasteiger partial charge in [0.05, 0.1) is 17.1 Å². The van der Waals surface area contributed by atoms with E-state index in [9.17, 15) is 4.79 Å². The van der Waals surface area contributed by atoms with Crippen LogP contribution in [0.3, 0.4) is 0 Å². The average Bonchev–Trinajstić information content (AvgIpc) is 2.59. The average molecular weight is 500 g/mol. The van der Waals surface area contributed by atoms with Crippen molar-refractivity contribution >= 4 is 86.9 Å². The fourth-order valence-corrected chi connectivity index (χ4v) is 3.08. The molecule has 0 saturated heterocycles. The second-order valence-electron chi connectivity index (χ2n) is 5.93. The fourth-order valence-electron chi connectivity index (χ4n) is 2.19. The summed E-state index contributed by atoms with van der Waals surface area (Å²) >= 11 is 35.2. The standard InChI is InChI=1S/C18H16Cl5N3OS/c1-10-2-4-11(5-3-10)8-15(27)25-16(18(21,22)23)26-17(28)24-14-9-12(19)6-7-13(14)20/h2-7,9,16H,8H2,1H3,(H,25,27)(H2,24,26,28). The van der Waals surface area contributed by atoms with Gasteiger partial charge in [0.2, 0.25) is 9.70 Å². The summed E-state index contributed by atoms with van der Waals surface area (Å²) in [6.45, 7) is 1.97. The van der Waals surface area contributed by atoms with Crippen molar-refractivity contribution in [3.05, 3.63) is 63.6 Å². The quantitative estimate of drug-likeness (QED) is 0.283. The predicted molar refractivity (Wildman–Crippen MR) is 123 cm³/mol. The number of benzene rings is 2. The highest BCUT2D eigenvalue weighted by atomic mass is 35.6. The number of anilines is 1. The lowest BCUT2D eigenvalue weighted by Gasteiger charge is -2.28. The van der Waals surface area contributed by atoms with Crippen molar-refractivity contribution in [1.82, 2.24) is 10.6 Å². The van der Waals surface area contributed by atoms with Gasteiger partial charge in [0, 0.05) is 5.02 Å². The van der Waals surface area contributed by atoms with Crippen LogP contribution in [0.5, 0.6) is 0 Å². The fraction of sp³-hybridized carbons (Fsp3) is 0.222. The minimum absolute atomic E-state index is 0.0936. The molecule has 0 aliphatic rings. The number of hydrogen-bond acceptors (Lipinski definition) is 2. The van der Waals surface area contributed by atoms with Crippen LogP contribution in [0.1, 0.15) is 11.1 Å². The van der Waals surface area contributed by atoms with Crippen molar-refractivity contribution in [3.63, 3.8) is 0 Å². The molecule has 1 unspecified atom stereocenters. The molecule has 4 nitrogen and oxygen atoms in total. The minimum atomic E-state index is -1.85. The number of thiocarbonyl (C=S) groups is 1. The van der Waals surface area contributed by atoms with Gasteiger partial charge in [-0.1, -0.05) is 87.8 Å². The van der Waals surface area contributed by atoms with Crippen LogP contribution in [-0.4, -0.2) is 21.0 Å². The van der Waals surface area contributed by atoms with Crippen molar-refractivity contribution < 1.29 is 4.79 Å². The highest BCUT2D eigenvalue weighted by Crippen LogP contribution is 2.30. The molecule has 2 aromatic carbocycles. The second-order valence-corrected chi connectivity index (χ2v) is 9.55. The molecule has 150 valence electrons. The molecule has 2 aromatic rings. The van der Waals surface area contributed by atoms with E-state index in [0.29, 0.717) is 15.7 Å². The maximum atomic E-state index is 12.4. The molecule has 0 radical (unpaired) electrons. The molecule has 0 heterocycles. The van der Waals surface area contributed by atoms with E-state index in [2.05, 4.69) is 16.0 Å². The zero-order valence-corrected chi connectivity index (χ0v) is 19.1. The number of carbonyl (C=O) groups excluding carboxylic acids is 1. The Hall–Kier alpha value is -0.950. The highest BCUT2D eigenvalue weighted by molar-refractivity contribution is 7.80. The third-order valence-corrected chi connectivity index (χ3v) is 5.01. The molecule has 2 rings (SSSR count). The van der Waals surface area contributed by atoms with E-state index < -0.39 is 9.96 Å². The van der Waals surface area contributed by atoms with Crippen molar-refractivity contribution in [2.24, 2.45) is 0 Å². The lowest BCUT2D eigenvalue weighted by atomic mass is 10.1. The van der Waals surface area contributed by atoms with Crippen LogP contribution in [0.15, 0.2) is 42.5 Å². The topological polar surface area (TPSA) is 53.2 Å². The molecule has 28 heavy (non-hydrogen) atoms. The Morgan fingerprint density at radius 2 is 1.71 bits per heavy atom. The van der Waals surface area contributed by atoms with Gasteiger partial charge >= 0.3 is 0 Å². The predicted octanol–water partition coefficient (Wildman–Crippen LogP) is 5.64. The van der Waals surface area contributed by atoms with Gasteiger partial charge in [0.1, 0.15) is 6.17 Å². The molecular weight excluding hydrogens is 484 g/mol. The molecule has 0 aliphatic carbocycles. The molecule has 0 saturated carbocycles. The number of halogens is 5. The van der Waals surface area contributed by atoms with Gasteiger partial charge in [0.25, 0.3) is 0 Å². The Bertz CT molecular complexity index is 855. The van der Waals surface area contributed by atoms with E-state index in [0.717, 1.165) is 11.1 Å². The second kappa shape index (κ2) is 10.2. The van der Waals surface area contributed by atoms with E-state index >= 15 is 0 Å². The number of hydrogen-bond donors (Lipinski definition) is 3. The van der Waals surface area contributed by atoms with Crippen LogP contribution < -0.4 is 16.0 Å². The first-order valence-corrected chi connectivity index (χ1v) is 10.3. The van der Waals surface area contributed by atoms with E-state index in [1.165, 1.54) is 0 Å². The number of carbonyl (C=O) groups is 1. The molecule has 0 fully saturated rings. The van der Waals surface area contributed by atoms with Crippen LogP contribution >= 0.6 is 70.2 Å². The number of rotatable bonds is 5. The van der Waals surface area contributed by atoms with Crippen molar-refractivity contribution in [3.8, 4) is 0 Å². The van der Waals surface area contributed by atoms with Crippen LogP contribution in [0.2, 0.25) is 10.0 Å². The summed E-state index contributed by atoms with van der Waals surface area (Å²) in [6, 6.07) is 12.4. The van der Waals surface area contributed by atoms with Crippen LogP contribution in [-0.2, 0) is 11.2 Å². The summed E-state index contributed by atoms with van der Waals surface area (Å²) in [4.78, 5) is 12.4. The molecule has 0 bridgehead atoms. The van der Waals surface area contributed by atoms with Gasteiger partial charge in [-0.3, -0.25) is 4.79 Å². The van der Waals surface area contributed by atoms with Gasteiger partial charge in [0.15, 0.2) is 5.11 Å². The van der Waals surface area contributed by atoms with Gasteiger partial charge < -0.3 is 16.0 Å². The normalized spacial score (nSPS) is 12.2. The molecule has 1 atom stereocenters. The van der Waals surface area contributed by atoms with Crippen LogP contribution in [0.25, 0.3) is 0 Å². The third-order valence-electron chi connectivity index (χ3n) is 3.57. The summed E-state index contributed by atoms with van der Waals surface area (Å²) in [5.74, 6) is -0.337. The van der Waals surface area contributed by atoms with E-state index in [4.69, 9.17) is 70.2 Å². The third kappa shape index (κ3) is 7.47. The Labute approximate surface area is 193 Å².